The predicted molar refractivity (Wildman–Crippen MR) is 73.2 cm³/mol. The number of rotatable bonds is 5. The summed E-state index contributed by atoms with van der Waals surface area (Å²) in [5.41, 5.74) is 4.44. The molecule has 2 heteroatoms. The van der Waals surface area contributed by atoms with E-state index in [1.807, 2.05) is 0 Å². The first-order chi connectivity index (χ1) is 7.70. The minimum absolute atomic E-state index is 1.12. The molecule has 0 radical (unpaired) electrons. The van der Waals surface area contributed by atoms with E-state index >= 15 is 0 Å². The fourth-order valence-electron chi connectivity index (χ4n) is 1.73. The molecule has 2 nitrogen and oxygen atoms in total. The Morgan fingerprint density at radius 2 is 1.69 bits per heavy atom. The van der Waals surface area contributed by atoms with Gasteiger partial charge in [-0.2, -0.15) is 0 Å². The normalized spacial score (nSPS) is 15.9. The molecular formula is C14H30N2. The van der Waals surface area contributed by atoms with Gasteiger partial charge in [0, 0.05) is 19.3 Å². The summed E-state index contributed by atoms with van der Waals surface area (Å²) < 4.78 is 0. The molecule has 1 N–H and O–H groups in total. The van der Waals surface area contributed by atoms with Crippen molar-refractivity contribution in [3.8, 4) is 0 Å². The summed E-state index contributed by atoms with van der Waals surface area (Å²) in [6.45, 7) is 7.71. The minimum Gasteiger partial charge on any atom is -0.324 e. The standard InChI is InChI=1S/C8H18.C6H12N2/c1-3-5-7-8-6-4-2;1-6-4-3-5-8(2)7-6/h3-8H2,1-2H3;4,7H,3,5H2,1-2H3. The predicted octanol–water partition coefficient (Wildman–Crippen LogP) is 4.10. The summed E-state index contributed by atoms with van der Waals surface area (Å²) in [5, 5.41) is 2.09. The first-order valence-electron chi connectivity index (χ1n) is 6.85. The van der Waals surface area contributed by atoms with Gasteiger partial charge in [-0.25, -0.2) is 5.01 Å². The van der Waals surface area contributed by atoms with Crippen LogP contribution < -0.4 is 5.43 Å². The SMILES string of the molecule is CC1=CCCN(C)N1.CCCCCCCC. The molecule has 0 saturated carbocycles. The monoisotopic (exact) mass is 226 g/mol. The number of nitrogens with zero attached hydrogens (tertiary/aromatic N) is 1. The van der Waals surface area contributed by atoms with Gasteiger partial charge in [-0.3, -0.25) is 0 Å². The Kier molecular flexibility index (Phi) is 10.7. The summed E-state index contributed by atoms with van der Waals surface area (Å²) in [7, 11) is 2.05. The van der Waals surface area contributed by atoms with Gasteiger partial charge in [0.25, 0.3) is 0 Å². The molecule has 0 aromatic carbocycles. The van der Waals surface area contributed by atoms with Gasteiger partial charge in [-0.1, -0.05) is 58.4 Å². The van der Waals surface area contributed by atoms with Crippen LogP contribution in [-0.2, 0) is 0 Å². The molecular weight excluding hydrogens is 196 g/mol. The highest BCUT2D eigenvalue weighted by atomic mass is 15.5. The molecule has 0 fully saturated rings. The van der Waals surface area contributed by atoms with Crippen molar-refractivity contribution in [3.05, 3.63) is 11.8 Å². The molecule has 1 aliphatic rings. The van der Waals surface area contributed by atoms with Gasteiger partial charge in [0.05, 0.1) is 0 Å². The lowest BCUT2D eigenvalue weighted by molar-refractivity contribution is 0.256. The van der Waals surface area contributed by atoms with Crippen molar-refractivity contribution in [1.29, 1.82) is 0 Å². The zero-order valence-electron chi connectivity index (χ0n) is 11.7. The van der Waals surface area contributed by atoms with Crippen molar-refractivity contribution < 1.29 is 0 Å². The van der Waals surface area contributed by atoms with E-state index in [4.69, 9.17) is 0 Å². The lowest BCUT2D eigenvalue weighted by atomic mass is 10.1. The van der Waals surface area contributed by atoms with Crippen molar-refractivity contribution in [2.24, 2.45) is 0 Å². The van der Waals surface area contributed by atoms with Gasteiger partial charge in [-0.15, -0.1) is 0 Å². The quantitative estimate of drug-likeness (QED) is 0.710. The third-order valence-electron chi connectivity index (χ3n) is 2.74. The van der Waals surface area contributed by atoms with Crippen molar-refractivity contribution in [3.63, 3.8) is 0 Å². The van der Waals surface area contributed by atoms with Crippen LogP contribution in [0.1, 0.15) is 65.7 Å². The van der Waals surface area contributed by atoms with Crippen LogP contribution in [-0.4, -0.2) is 18.6 Å². The molecule has 1 heterocycles. The van der Waals surface area contributed by atoms with Crippen LogP contribution in [0.2, 0.25) is 0 Å². The highest BCUT2D eigenvalue weighted by molar-refractivity contribution is 4.97. The van der Waals surface area contributed by atoms with E-state index in [0.29, 0.717) is 0 Å². The number of hydrogen-bond donors (Lipinski definition) is 1. The van der Waals surface area contributed by atoms with Gasteiger partial charge >= 0.3 is 0 Å². The summed E-state index contributed by atoms with van der Waals surface area (Å²) in [6.07, 6.45) is 11.9. The Bertz CT molecular complexity index is 170. The maximum Gasteiger partial charge on any atom is 0.0210 e. The molecule has 0 aromatic heterocycles. The largest absolute Gasteiger partial charge is 0.324 e. The summed E-state index contributed by atoms with van der Waals surface area (Å²) in [6, 6.07) is 0. The Morgan fingerprint density at radius 3 is 2.00 bits per heavy atom. The Morgan fingerprint density at radius 1 is 1.12 bits per heavy atom. The van der Waals surface area contributed by atoms with Crippen molar-refractivity contribution in [2.75, 3.05) is 13.6 Å². The maximum atomic E-state index is 3.17. The van der Waals surface area contributed by atoms with Crippen LogP contribution in [0.15, 0.2) is 11.8 Å². The van der Waals surface area contributed by atoms with E-state index < -0.39 is 0 Å². The van der Waals surface area contributed by atoms with E-state index in [9.17, 15) is 0 Å². The molecule has 0 aliphatic carbocycles. The maximum absolute atomic E-state index is 3.17. The highest BCUT2D eigenvalue weighted by Crippen LogP contribution is 2.03. The molecule has 0 aromatic rings. The van der Waals surface area contributed by atoms with Gasteiger partial charge < -0.3 is 5.43 Å². The molecule has 0 spiro atoms. The van der Waals surface area contributed by atoms with Gasteiger partial charge in [-0.05, 0) is 13.3 Å². The first kappa shape index (κ1) is 15.5. The zero-order valence-corrected chi connectivity index (χ0v) is 11.7. The molecule has 0 bridgehead atoms. The molecule has 0 amide bonds. The van der Waals surface area contributed by atoms with E-state index in [1.54, 1.807) is 0 Å². The fraction of sp³-hybridized carbons (Fsp3) is 0.857. The fourth-order valence-corrected chi connectivity index (χ4v) is 1.73. The van der Waals surface area contributed by atoms with E-state index in [1.165, 1.54) is 50.6 Å². The molecule has 96 valence electrons. The Balaban J connectivity index is 0.000000281. The second-order valence-corrected chi connectivity index (χ2v) is 4.62. The molecule has 0 unspecified atom stereocenters. The molecule has 0 atom stereocenters. The second-order valence-electron chi connectivity index (χ2n) is 4.62. The van der Waals surface area contributed by atoms with Gasteiger partial charge in [0.2, 0.25) is 0 Å². The smallest absolute Gasteiger partial charge is 0.0210 e. The minimum atomic E-state index is 1.12. The van der Waals surface area contributed by atoms with Crippen LogP contribution in [0.4, 0.5) is 0 Å². The van der Waals surface area contributed by atoms with Crippen molar-refractivity contribution >= 4 is 0 Å². The topological polar surface area (TPSA) is 15.3 Å². The summed E-state index contributed by atoms with van der Waals surface area (Å²) in [4.78, 5) is 0. The number of hydrogen-bond acceptors (Lipinski definition) is 2. The average Bonchev–Trinajstić information content (AvgIpc) is 2.25. The van der Waals surface area contributed by atoms with Crippen molar-refractivity contribution in [1.82, 2.24) is 10.4 Å². The molecule has 0 saturated heterocycles. The van der Waals surface area contributed by atoms with E-state index in [2.05, 4.69) is 44.3 Å². The lowest BCUT2D eigenvalue weighted by Crippen LogP contribution is -2.36. The molecule has 16 heavy (non-hydrogen) atoms. The summed E-state index contributed by atoms with van der Waals surface area (Å²) in [5.74, 6) is 0. The third kappa shape index (κ3) is 10.0. The van der Waals surface area contributed by atoms with Gasteiger partial charge in [0.15, 0.2) is 0 Å². The van der Waals surface area contributed by atoms with E-state index in [0.717, 1.165) is 6.54 Å². The van der Waals surface area contributed by atoms with Crippen LogP contribution in [0.3, 0.4) is 0 Å². The lowest BCUT2D eigenvalue weighted by Gasteiger charge is -2.22. The Hall–Kier alpha value is -0.500. The molecule has 1 aliphatic heterocycles. The van der Waals surface area contributed by atoms with Gasteiger partial charge in [0.1, 0.15) is 0 Å². The average molecular weight is 226 g/mol. The number of hydrazine groups is 1. The van der Waals surface area contributed by atoms with Crippen LogP contribution in [0, 0.1) is 0 Å². The van der Waals surface area contributed by atoms with Crippen LogP contribution in [0.25, 0.3) is 0 Å². The van der Waals surface area contributed by atoms with E-state index in [-0.39, 0.29) is 0 Å². The first-order valence-corrected chi connectivity index (χ1v) is 6.85. The summed E-state index contributed by atoms with van der Waals surface area (Å²) >= 11 is 0. The number of unbranched alkanes of at least 4 members (excludes halogenated alkanes) is 5. The Labute approximate surface area is 102 Å². The second kappa shape index (κ2) is 11.0. The number of nitrogens with one attached hydrogen (secondary N) is 1. The molecule has 1 rings (SSSR count). The van der Waals surface area contributed by atoms with Crippen LogP contribution >= 0.6 is 0 Å². The third-order valence-corrected chi connectivity index (χ3v) is 2.74. The van der Waals surface area contributed by atoms with Crippen LogP contribution in [0.5, 0.6) is 0 Å². The van der Waals surface area contributed by atoms with Crippen molar-refractivity contribution in [2.45, 2.75) is 65.7 Å². The number of allylic oxidation sites excluding steroid dienone is 1. The highest BCUT2D eigenvalue weighted by Gasteiger charge is 2.00. The zero-order chi connectivity index (χ0) is 12.2.